The lowest BCUT2D eigenvalue weighted by atomic mass is 9.70. The van der Waals surface area contributed by atoms with Crippen LogP contribution in [0.15, 0.2) is 24.3 Å². The number of rotatable bonds is 3. The molecule has 0 unspecified atom stereocenters. The number of nitrogens with one attached hydrogen (secondary N) is 1. The van der Waals surface area contributed by atoms with Crippen LogP contribution in [0.1, 0.15) is 40.0 Å². The third-order valence-electron chi connectivity index (χ3n) is 4.47. The van der Waals surface area contributed by atoms with Crippen molar-refractivity contribution < 1.29 is 9.18 Å². The maximum atomic E-state index is 12.9. The van der Waals surface area contributed by atoms with Crippen molar-refractivity contribution in [2.24, 2.45) is 23.7 Å². The number of carbonyl (C=O) groups excluding carboxylic acids is 1. The molecular weight excluding hydrogens is 253 g/mol. The largest absolute Gasteiger partial charge is 0.326 e. The topological polar surface area (TPSA) is 29.1 Å². The molecule has 1 aromatic carbocycles. The Kier molecular flexibility index (Phi) is 4.79. The van der Waals surface area contributed by atoms with Crippen LogP contribution in [0.25, 0.3) is 0 Å². The van der Waals surface area contributed by atoms with Gasteiger partial charge in [0.05, 0.1) is 0 Å². The fourth-order valence-electron chi connectivity index (χ4n) is 3.27. The molecule has 0 spiro atoms. The van der Waals surface area contributed by atoms with E-state index >= 15 is 0 Å². The first-order chi connectivity index (χ1) is 9.47. The molecule has 0 radical (unpaired) electrons. The summed E-state index contributed by atoms with van der Waals surface area (Å²) in [4.78, 5) is 12.5. The SMILES string of the molecule is CC(C)[C@@H]1CC[C@@H](C)C[C@H]1C(=O)Nc1ccc(F)cc1. The second-order valence-corrected chi connectivity index (χ2v) is 6.43. The van der Waals surface area contributed by atoms with Gasteiger partial charge in [-0.1, -0.05) is 27.2 Å². The zero-order chi connectivity index (χ0) is 14.7. The fraction of sp³-hybridized carbons (Fsp3) is 0.588. The van der Waals surface area contributed by atoms with Crippen molar-refractivity contribution in [2.75, 3.05) is 5.32 Å². The normalized spacial score (nSPS) is 26.6. The molecule has 0 aromatic heterocycles. The number of benzene rings is 1. The molecule has 1 amide bonds. The first-order valence-corrected chi connectivity index (χ1v) is 7.53. The maximum absolute atomic E-state index is 12.9. The van der Waals surface area contributed by atoms with Crippen LogP contribution in [-0.2, 0) is 4.79 Å². The second kappa shape index (κ2) is 6.38. The van der Waals surface area contributed by atoms with E-state index in [-0.39, 0.29) is 17.6 Å². The van der Waals surface area contributed by atoms with E-state index in [4.69, 9.17) is 0 Å². The van der Waals surface area contributed by atoms with Crippen molar-refractivity contribution in [1.29, 1.82) is 0 Å². The first-order valence-electron chi connectivity index (χ1n) is 7.53. The standard InChI is InChI=1S/C17H24FNO/c1-11(2)15-9-4-12(3)10-16(15)17(20)19-14-7-5-13(18)6-8-14/h5-8,11-12,15-16H,4,9-10H2,1-3H3,(H,19,20)/t12-,15+,16-/m1/s1. The summed E-state index contributed by atoms with van der Waals surface area (Å²) in [6.07, 6.45) is 3.29. The number of carbonyl (C=O) groups is 1. The molecule has 1 fully saturated rings. The third kappa shape index (κ3) is 3.59. The van der Waals surface area contributed by atoms with Gasteiger partial charge >= 0.3 is 0 Å². The molecule has 110 valence electrons. The van der Waals surface area contributed by atoms with Crippen molar-refractivity contribution in [3.63, 3.8) is 0 Å². The first kappa shape index (κ1) is 15.0. The Balaban J connectivity index is 2.07. The summed E-state index contributed by atoms with van der Waals surface area (Å²) in [5, 5.41) is 2.94. The van der Waals surface area contributed by atoms with Gasteiger partial charge in [-0.15, -0.1) is 0 Å². The van der Waals surface area contributed by atoms with Crippen molar-refractivity contribution in [1.82, 2.24) is 0 Å². The summed E-state index contributed by atoms with van der Waals surface area (Å²) in [5.41, 5.74) is 0.678. The van der Waals surface area contributed by atoms with Crippen LogP contribution in [0.5, 0.6) is 0 Å². The molecule has 0 saturated heterocycles. The molecular formula is C17H24FNO. The monoisotopic (exact) mass is 277 g/mol. The average Bonchev–Trinajstić information content (AvgIpc) is 2.41. The van der Waals surface area contributed by atoms with Gasteiger partial charge in [-0.3, -0.25) is 4.79 Å². The van der Waals surface area contributed by atoms with Gasteiger partial charge in [-0.25, -0.2) is 4.39 Å². The summed E-state index contributed by atoms with van der Waals surface area (Å²) < 4.78 is 12.9. The summed E-state index contributed by atoms with van der Waals surface area (Å²) in [6.45, 7) is 6.60. The number of halogens is 1. The molecule has 3 heteroatoms. The van der Waals surface area contributed by atoms with Crippen molar-refractivity contribution in [3.05, 3.63) is 30.1 Å². The van der Waals surface area contributed by atoms with Crippen LogP contribution in [0.3, 0.4) is 0 Å². The minimum absolute atomic E-state index is 0.0730. The quantitative estimate of drug-likeness (QED) is 0.867. The predicted molar refractivity (Wildman–Crippen MR) is 79.9 cm³/mol. The van der Waals surface area contributed by atoms with E-state index in [9.17, 15) is 9.18 Å². The van der Waals surface area contributed by atoms with Crippen molar-refractivity contribution >= 4 is 11.6 Å². The molecule has 3 atom stereocenters. The molecule has 0 aliphatic heterocycles. The van der Waals surface area contributed by atoms with Gasteiger partial charge in [0.1, 0.15) is 5.82 Å². The Morgan fingerprint density at radius 1 is 1.25 bits per heavy atom. The Hall–Kier alpha value is -1.38. The van der Waals surface area contributed by atoms with Gasteiger partial charge in [-0.2, -0.15) is 0 Å². The van der Waals surface area contributed by atoms with E-state index in [1.807, 2.05) is 0 Å². The summed E-state index contributed by atoms with van der Waals surface area (Å²) >= 11 is 0. The summed E-state index contributed by atoms with van der Waals surface area (Å²) in [6, 6.07) is 5.98. The molecule has 2 nitrogen and oxygen atoms in total. The van der Waals surface area contributed by atoms with Gasteiger partial charge in [0.25, 0.3) is 0 Å². The van der Waals surface area contributed by atoms with Crippen molar-refractivity contribution in [2.45, 2.75) is 40.0 Å². The molecule has 1 N–H and O–H groups in total. The van der Waals surface area contributed by atoms with E-state index in [1.54, 1.807) is 12.1 Å². The Bertz CT molecular complexity index is 455. The van der Waals surface area contributed by atoms with Gasteiger partial charge in [0.2, 0.25) is 5.91 Å². The molecule has 1 aliphatic carbocycles. The average molecular weight is 277 g/mol. The van der Waals surface area contributed by atoms with Crippen LogP contribution >= 0.6 is 0 Å². The van der Waals surface area contributed by atoms with E-state index in [1.165, 1.54) is 18.6 Å². The highest BCUT2D eigenvalue weighted by molar-refractivity contribution is 5.92. The van der Waals surface area contributed by atoms with Crippen LogP contribution in [0.4, 0.5) is 10.1 Å². The third-order valence-corrected chi connectivity index (χ3v) is 4.47. The highest BCUT2D eigenvalue weighted by Crippen LogP contribution is 2.38. The minimum Gasteiger partial charge on any atom is -0.326 e. The smallest absolute Gasteiger partial charge is 0.227 e. The number of hydrogen-bond donors (Lipinski definition) is 1. The zero-order valence-corrected chi connectivity index (χ0v) is 12.5. The number of hydrogen-bond acceptors (Lipinski definition) is 1. The van der Waals surface area contributed by atoms with Crippen LogP contribution in [-0.4, -0.2) is 5.91 Å². The van der Waals surface area contributed by atoms with Crippen LogP contribution in [0, 0.1) is 29.5 Å². The van der Waals surface area contributed by atoms with Crippen LogP contribution < -0.4 is 5.32 Å². The molecule has 1 saturated carbocycles. The summed E-state index contributed by atoms with van der Waals surface area (Å²) in [5.74, 6) is 1.45. The lowest BCUT2D eigenvalue weighted by Crippen LogP contribution is -2.36. The van der Waals surface area contributed by atoms with Gasteiger partial charge in [0, 0.05) is 11.6 Å². The Morgan fingerprint density at radius 3 is 2.50 bits per heavy atom. The van der Waals surface area contributed by atoms with E-state index in [0.29, 0.717) is 23.4 Å². The second-order valence-electron chi connectivity index (χ2n) is 6.43. The number of amides is 1. The molecule has 1 aliphatic rings. The van der Waals surface area contributed by atoms with Gasteiger partial charge in [0.15, 0.2) is 0 Å². The Morgan fingerprint density at radius 2 is 1.90 bits per heavy atom. The number of anilines is 1. The highest BCUT2D eigenvalue weighted by atomic mass is 19.1. The predicted octanol–water partition coefficient (Wildman–Crippen LogP) is 4.47. The lowest BCUT2D eigenvalue weighted by Gasteiger charge is -2.36. The lowest BCUT2D eigenvalue weighted by molar-refractivity contribution is -0.123. The highest BCUT2D eigenvalue weighted by Gasteiger charge is 2.35. The molecule has 1 aromatic rings. The molecule has 0 heterocycles. The molecule has 0 bridgehead atoms. The zero-order valence-electron chi connectivity index (χ0n) is 12.5. The van der Waals surface area contributed by atoms with Crippen molar-refractivity contribution in [3.8, 4) is 0 Å². The fourth-order valence-corrected chi connectivity index (χ4v) is 3.27. The van der Waals surface area contributed by atoms with Gasteiger partial charge < -0.3 is 5.32 Å². The van der Waals surface area contributed by atoms with E-state index < -0.39 is 0 Å². The molecule has 20 heavy (non-hydrogen) atoms. The van der Waals surface area contributed by atoms with E-state index in [2.05, 4.69) is 26.1 Å². The van der Waals surface area contributed by atoms with Crippen LogP contribution in [0.2, 0.25) is 0 Å². The maximum Gasteiger partial charge on any atom is 0.227 e. The summed E-state index contributed by atoms with van der Waals surface area (Å²) in [7, 11) is 0. The Labute approximate surface area is 120 Å². The molecule has 2 rings (SSSR count). The van der Waals surface area contributed by atoms with Gasteiger partial charge in [-0.05, 0) is 54.9 Å². The van der Waals surface area contributed by atoms with E-state index in [0.717, 1.165) is 12.8 Å². The minimum atomic E-state index is -0.283.